The van der Waals surface area contributed by atoms with E-state index in [9.17, 15) is 4.79 Å². The Balaban J connectivity index is 2.55. The van der Waals surface area contributed by atoms with Gasteiger partial charge in [-0.3, -0.25) is 5.32 Å². The van der Waals surface area contributed by atoms with Crippen LogP contribution in [-0.2, 0) is 14.2 Å². The molecule has 0 bridgehead atoms. The zero-order chi connectivity index (χ0) is 23.4. The van der Waals surface area contributed by atoms with Gasteiger partial charge in [-0.05, 0) is 36.5 Å². The molecule has 1 aliphatic carbocycles. The summed E-state index contributed by atoms with van der Waals surface area (Å²) in [7, 11) is 0. The lowest BCUT2D eigenvalue weighted by Gasteiger charge is -2.46. The van der Waals surface area contributed by atoms with Crippen LogP contribution in [0.2, 0.25) is 0 Å². The van der Waals surface area contributed by atoms with Crippen molar-refractivity contribution in [1.29, 1.82) is 0 Å². The third-order valence-corrected chi connectivity index (χ3v) is 5.97. The van der Waals surface area contributed by atoms with Crippen molar-refractivity contribution in [2.45, 2.75) is 59.4 Å². The van der Waals surface area contributed by atoms with E-state index in [1.54, 1.807) is 12.2 Å². The van der Waals surface area contributed by atoms with Crippen LogP contribution in [0.4, 0.5) is 4.79 Å². The highest BCUT2D eigenvalue weighted by molar-refractivity contribution is 5.64. The van der Waals surface area contributed by atoms with Gasteiger partial charge in [0.15, 0.2) is 0 Å². The fourth-order valence-corrected chi connectivity index (χ4v) is 4.89. The maximum absolute atomic E-state index is 11.1. The molecule has 0 aromatic carbocycles. The first kappa shape index (κ1) is 27.6. The Bertz CT molecular complexity index is 552. The lowest BCUT2D eigenvalue weighted by molar-refractivity contribution is -0.0676. The standard InChI is InChI=1S/C24H44N2O5/c1-7-10-29-16-24(9-3,17-30-11-8-2)18-31-19-25-15-23(6)13-20(26-21(27)28)12-22(4,5)14-23/h7-8,20,25-26H,1-2,9-19H2,3-6H3,(H,27,28). The molecule has 7 nitrogen and oxygen atoms in total. The van der Waals surface area contributed by atoms with Crippen LogP contribution < -0.4 is 10.6 Å². The van der Waals surface area contributed by atoms with Crippen molar-refractivity contribution in [3.05, 3.63) is 25.3 Å². The predicted octanol–water partition coefficient (Wildman–Crippen LogP) is 4.20. The number of hydrogen-bond acceptors (Lipinski definition) is 5. The second-order valence-corrected chi connectivity index (χ2v) is 10.1. The number of carbonyl (C=O) groups is 1. The van der Waals surface area contributed by atoms with Gasteiger partial charge in [0.1, 0.15) is 0 Å². The van der Waals surface area contributed by atoms with E-state index in [1.165, 1.54) is 0 Å². The van der Waals surface area contributed by atoms with Crippen molar-refractivity contribution >= 4 is 6.09 Å². The van der Waals surface area contributed by atoms with Gasteiger partial charge in [0.25, 0.3) is 0 Å². The molecule has 1 aliphatic rings. The van der Waals surface area contributed by atoms with E-state index in [-0.39, 0.29) is 22.3 Å². The average molecular weight is 441 g/mol. The number of nitrogens with one attached hydrogen (secondary N) is 2. The summed E-state index contributed by atoms with van der Waals surface area (Å²) in [5, 5.41) is 15.2. The van der Waals surface area contributed by atoms with E-state index >= 15 is 0 Å². The van der Waals surface area contributed by atoms with E-state index in [0.717, 1.165) is 32.2 Å². The van der Waals surface area contributed by atoms with Gasteiger partial charge in [-0.25, -0.2) is 4.79 Å². The third kappa shape index (κ3) is 10.6. The molecule has 0 heterocycles. The van der Waals surface area contributed by atoms with Crippen LogP contribution in [0.5, 0.6) is 0 Å². The largest absolute Gasteiger partial charge is 0.465 e. The molecule has 0 radical (unpaired) electrons. The first-order valence-electron chi connectivity index (χ1n) is 11.2. The third-order valence-electron chi connectivity index (χ3n) is 5.97. The smallest absolute Gasteiger partial charge is 0.404 e. The molecular weight excluding hydrogens is 396 g/mol. The van der Waals surface area contributed by atoms with E-state index in [2.05, 4.69) is 51.5 Å². The molecule has 1 amide bonds. The molecule has 0 saturated heterocycles. The summed E-state index contributed by atoms with van der Waals surface area (Å²) in [4.78, 5) is 11.1. The SMILES string of the molecule is C=CCOCC(CC)(COCC=C)COCNCC1(C)CC(NC(=O)O)CC(C)(C)C1. The fourth-order valence-electron chi connectivity index (χ4n) is 4.89. The Morgan fingerprint density at radius 2 is 1.68 bits per heavy atom. The molecule has 180 valence electrons. The molecule has 0 aromatic rings. The van der Waals surface area contributed by atoms with Crippen LogP contribution in [-0.4, -0.2) is 63.6 Å². The Labute approximate surface area is 188 Å². The van der Waals surface area contributed by atoms with Crippen LogP contribution in [0.3, 0.4) is 0 Å². The van der Waals surface area contributed by atoms with Gasteiger partial charge >= 0.3 is 6.09 Å². The van der Waals surface area contributed by atoms with E-state index in [0.29, 0.717) is 39.8 Å². The molecule has 7 heteroatoms. The summed E-state index contributed by atoms with van der Waals surface area (Å²) in [6, 6.07) is -0.0225. The molecule has 1 rings (SSSR count). The summed E-state index contributed by atoms with van der Waals surface area (Å²) in [5.41, 5.74) is -0.133. The lowest BCUT2D eigenvalue weighted by Crippen LogP contribution is -2.49. The van der Waals surface area contributed by atoms with Gasteiger partial charge in [0, 0.05) is 18.0 Å². The second kappa shape index (κ2) is 13.2. The number of ether oxygens (including phenoxy) is 3. The average Bonchev–Trinajstić information content (AvgIpc) is 2.65. The van der Waals surface area contributed by atoms with Gasteiger partial charge in [0.2, 0.25) is 0 Å². The van der Waals surface area contributed by atoms with Crippen molar-refractivity contribution in [2.24, 2.45) is 16.2 Å². The van der Waals surface area contributed by atoms with Crippen molar-refractivity contribution in [2.75, 3.05) is 46.3 Å². The van der Waals surface area contributed by atoms with Crippen LogP contribution in [0, 0.1) is 16.2 Å². The minimum Gasteiger partial charge on any atom is -0.465 e. The topological polar surface area (TPSA) is 89.0 Å². The highest BCUT2D eigenvalue weighted by atomic mass is 16.5. The Morgan fingerprint density at radius 3 is 2.19 bits per heavy atom. The Kier molecular flexibility index (Phi) is 11.8. The summed E-state index contributed by atoms with van der Waals surface area (Å²) >= 11 is 0. The minimum absolute atomic E-state index is 0.000213. The van der Waals surface area contributed by atoms with E-state index in [4.69, 9.17) is 19.3 Å². The highest BCUT2D eigenvalue weighted by Crippen LogP contribution is 2.45. The lowest BCUT2D eigenvalue weighted by atomic mass is 9.62. The number of rotatable bonds is 16. The molecule has 1 fully saturated rings. The molecule has 0 aromatic heterocycles. The first-order chi connectivity index (χ1) is 14.6. The zero-order valence-corrected chi connectivity index (χ0v) is 20.0. The van der Waals surface area contributed by atoms with E-state index < -0.39 is 6.09 Å². The molecule has 1 saturated carbocycles. The van der Waals surface area contributed by atoms with Gasteiger partial charge in [0.05, 0.1) is 39.8 Å². The second-order valence-electron chi connectivity index (χ2n) is 10.1. The number of amides is 1. The molecular formula is C24H44N2O5. The summed E-state index contributed by atoms with van der Waals surface area (Å²) < 4.78 is 17.4. The van der Waals surface area contributed by atoms with Crippen LogP contribution in [0.25, 0.3) is 0 Å². The minimum atomic E-state index is -0.949. The highest BCUT2D eigenvalue weighted by Gasteiger charge is 2.41. The zero-order valence-electron chi connectivity index (χ0n) is 20.0. The first-order valence-corrected chi connectivity index (χ1v) is 11.2. The van der Waals surface area contributed by atoms with Crippen LogP contribution in [0.15, 0.2) is 25.3 Å². The molecule has 3 N–H and O–H groups in total. The van der Waals surface area contributed by atoms with Crippen molar-refractivity contribution in [1.82, 2.24) is 10.6 Å². The Hall–Kier alpha value is -1.41. The van der Waals surface area contributed by atoms with Gasteiger partial charge < -0.3 is 24.6 Å². The molecule has 2 unspecified atom stereocenters. The number of hydrogen-bond donors (Lipinski definition) is 3. The van der Waals surface area contributed by atoms with Crippen LogP contribution >= 0.6 is 0 Å². The summed E-state index contributed by atoms with van der Waals surface area (Å²) in [6.45, 7) is 20.0. The fraction of sp³-hybridized carbons (Fsp3) is 0.792. The predicted molar refractivity (Wildman–Crippen MR) is 124 cm³/mol. The number of carboxylic acid groups (broad SMARTS) is 1. The van der Waals surface area contributed by atoms with Gasteiger partial charge in [-0.15, -0.1) is 13.2 Å². The van der Waals surface area contributed by atoms with Gasteiger partial charge in [-0.2, -0.15) is 0 Å². The maximum atomic E-state index is 11.1. The molecule has 31 heavy (non-hydrogen) atoms. The Morgan fingerprint density at radius 1 is 1.10 bits per heavy atom. The molecule has 0 spiro atoms. The normalized spacial score (nSPS) is 23.3. The van der Waals surface area contributed by atoms with Crippen molar-refractivity contribution in [3.63, 3.8) is 0 Å². The van der Waals surface area contributed by atoms with Gasteiger partial charge in [-0.1, -0.05) is 39.8 Å². The van der Waals surface area contributed by atoms with E-state index in [1.807, 2.05) is 0 Å². The summed E-state index contributed by atoms with van der Waals surface area (Å²) in [5.74, 6) is 0. The van der Waals surface area contributed by atoms with Crippen LogP contribution in [0.1, 0.15) is 53.4 Å². The molecule has 2 atom stereocenters. The van der Waals surface area contributed by atoms with Crippen molar-refractivity contribution in [3.8, 4) is 0 Å². The monoisotopic (exact) mass is 440 g/mol. The summed E-state index contributed by atoms with van der Waals surface area (Å²) in [6.07, 6.45) is 6.12. The maximum Gasteiger partial charge on any atom is 0.404 e. The van der Waals surface area contributed by atoms with Crippen molar-refractivity contribution < 1.29 is 24.1 Å². The molecule has 0 aliphatic heterocycles. The quantitative estimate of drug-likeness (QED) is 0.189.